The van der Waals surface area contributed by atoms with E-state index in [4.69, 9.17) is 5.11 Å². The predicted molar refractivity (Wildman–Crippen MR) is 72.8 cm³/mol. The number of hydrogen-bond acceptors (Lipinski definition) is 4. The first kappa shape index (κ1) is 13.0. The fourth-order valence-corrected chi connectivity index (χ4v) is 2.70. The number of rotatable bonds is 3. The number of hydrogen-bond donors (Lipinski definition) is 3. The number of halogens is 1. The molecule has 2 aromatic rings. The van der Waals surface area contributed by atoms with Crippen molar-refractivity contribution in [3.05, 3.63) is 33.6 Å². The van der Waals surface area contributed by atoms with Crippen LogP contribution >= 0.6 is 27.3 Å². The lowest BCUT2D eigenvalue weighted by atomic mass is 10.1. The zero-order valence-electron chi connectivity index (χ0n) is 9.05. The highest BCUT2D eigenvalue weighted by Crippen LogP contribution is 2.32. The van der Waals surface area contributed by atoms with Crippen molar-refractivity contribution in [2.24, 2.45) is 0 Å². The Morgan fingerprint density at radius 2 is 2.28 bits per heavy atom. The number of carboxylic acid groups (broad SMARTS) is 1. The molecular formula is C11H9BrN2O3S. The van der Waals surface area contributed by atoms with E-state index in [2.05, 4.69) is 26.2 Å². The molecular weight excluding hydrogens is 320 g/mol. The van der Waals surface area contributed by atoms with Crippen LogP contribution in [0.25, 0.3) is 11.3 Å². The molecule has 0 saturated heterocycles. The van der Waals surface area contributed by atoms with Gasteiger partial charge in [0, 0.05) is 10.0 Å². The molecule has 0 spiro atoms. The van der Waals surface area contributed by atoms with Crippen molar-refractivity contribution in [1.82, 2.24) is 4.98 Å². The number of nitrogens with zero attached hydrogens (tertiary/aromatic N) is 1. The van der Waals surface area contributed by atoms with E-state index in [0.29, 0.717) is 10.6 Å². The van der Waals surface area contributed by atoms with E-state index < -0.39 is 6.09 Å². The van der Waals surface area contributed by atoms with Gasteiger partial charge in [-0.25, -0.2) is 9.78 Å². The summed E-state index contributed by atoms with van der Waals surface area (Å²) in [6.45, 7) is -0.180. The lowest BCUT2D eigenvalue weighted by Crippen LogP contribution is -2.06. The Morgan fingerprint density at radius 1 is 1.50 bits per heavy atom. The number of carbonyl (C=O) groups is 1. The quantitative estimate of drug-likeness (QED) is 0.808. The van der Waals surface area contributed by atoms with Gasteiger partial charge in [-0.2, -0.15) is 0 Å². The Balaban J connectivity index is 2.43. The molecule has 0 unspecified atom stereocenters. The van der Waals surface area contributed by atoms with Gasteiger partial charge in [-0.15, -0.1) is 0 Å². The predicted octanol–water partition coefficient (Wildman–Crippen LogP) is 3.15. The van der Waals surface area contributed by atoms with Crippen molar-refractivity contribution in [3.63, 3.8) is 0 Å². The van der Waals surface area contributed by atoms with Crippen molar-refractivity contribution in [1.29, 1.82) is 0 Å². The highest BCUT2D eigenvalue weighted by atomic mass is 79.9. The zero-order valence-corrected chi connectivity index (χ0v) is 11.5. The second kappa shape index (κ2) is 5.47. The van der Waals surface area contributed by atoms with Crippen molar-refractivity contribution in [2.75, 3.05) is 5.32 Å². The van der Waals surface area contributed by atoms with Crippen LogP contribution in [0.15, 0.2) is 28.7 Å². The summed E-state index contributed by atoms with van der Waals surface area (Å²) in [5.41, 5.74) is 1.41. The fraction of sp³-hybridized carbons (Fsp3) is 0.0909. The van der Waals surface area contributed by atoms with Crippen LogP contribution in [-0.2, 0) is 6.61 Å². The van der Waals surface area contributed by atoms with Crippen LogP contribution in [0.5, 0.6) is 0 Å². The normalized spacial score (nSPS) is 10.3. The third-order valence-electron chi connectivity index (χ3n) is 2.15. The monoisotopic (exact) mass is 328 g/mol. The van der Waals surface area contributed by atoms with Gasteiger partial charge in [0.25, 0.3) is 0 Å². The summed E-state index contributed by atoms with van der Waals surface area (Å²) in [5, 5.41) is 20.4. The van der Waals surface area contributed by atoms with E-state index >= 15 is 0 Å². The van der Waals surface area contributed by atoms with Crippen LogP contribution in [0.1, 0.15) is 4.88 Å². The van der Waals surface area contributed by atoms with E-state index in [1.165, 1.54) is 0 Å². The number of thiazole rings is 1. The molecule has 0 fully saturated rings. The molecule has 7 heteroatoms. The lowest BCUT2D eigenvalue weighted by molar-refractivity contribution is 0.209. The van der Waals surface area contributed by atoms with Crippen molar-refractivity contribution in [3.8, 4) is 11.3 Å². The summed E-state index contributed by atoms with van der Waals surface area (Å²) >= 11 is 4.48. The molecule has 0 aliphatic carbocycles. The molecule has 1 heterocycles. The summed E-state index contributed by atoms with van der Waals surface area (Å²) in [5.74, 6) is 0. The molecule has 5 nitrogen and oxygen atoms in total. The second-order valence-corrected chi connectivity index (χ2v) is 5.39. The first-order valence-electron chi connectivity index (χ1n) is 4.96. The van der Waals surface area contributed by atoms with E-state index in [0.717, 1.165) is 21.4 Å². The van der Waals surface area contributed by atoms with Crippen molar-refractivity contribution in [2.45, 2.75) is 6.61 Å². The third-order valence-corrected chi connectivity index (χ3v) is 3.60. The van der Waals surface area contributed by atoms with Gasteiger partial charge in [0.1, 0.15) is 0 Å². The van der Waals surface area contributed by atoms with Gasteiger partial charge in [0.05, 0.1) is 17.2 Å². The summed E-state index contributed by atoms with van der Waals surface area (Å²) < 4.78 is 0.893. The van der Waals surface area contributed by atoms with Crippen molar-refractivity contribution < 1.29 is 15.0 Å². The second-order valence-electron chi connectivity index (χ2n) is 3.39. The number of aromatic nitrogens is 1. The maximum absolute atomic E-state index is 10.6. The standard InChI is InChI=1S/C11H9BrN2O3S/c12-7-3-1-2-6(4-7)9-8(5-15)18-10(13-9)14-11(16)17/h1-4,15H,5H2,(H,13,14)(H,16,17). The van der Waals surface area contributed by atoms with Gasteiger partial charge in [0.2, 0.25) is 0 Å². The van der Waals surface area contributed by atoms with Crippen LogP contribution in [0, 0.1) is 0 Å². The summed E-state index contributed by atoms with van der Waals surface area (Å²) in [4.78, 5) is 15.4. The molecule has 0 aliphatic heterocycles. The maximum Gasteiger partial charge on any atom is 0.410 e. The zero-order chi connectivity index (χ0) is 13.1. The molecule has 0 bridgehead atoms. The minimum atomic E-state index is -1.17. The van der Waals surface area contributed by atoms with Gasteiger partial charge < -0.3 is 10.2 Å². The van der Waals surface area contributed by atoms with Gasteiger partial charge in [0.15, 0.2) is 5.13 Å². The molecule has 1 aromatic heterocycles. The number of aliphatic hydroxyl groups excluding tert-OH is 1. The van der Waals surface area contributed by atoms with Crippen LogP contribution in [0.4, 0.5) is 9.93 Å². The number of anilines is 1. The summed E-state index contributed by atoms with van der Waals surface area (Å²) in [7, 11) is 0. The van der Waals surface area contributed by atoms with Gasteiger partial charge in [-0.05, 0) is 12.1 Å². The van der Waals surface area contributed by atoms with Crippen LogP contribution < -0.4 is 5.32 Å². The highest BCUT2D eigenvalue weighted by Gasteiger charge is 2.13. The van der Waals surface area contributed by atoms with Crippen LogP contribution in [0.3, 0.4) is 0 Å². The molecule has 0 aliphatic rings. The Hall–Kier alpha value is -1.44. The third kappa shape index (κ3) is 2.87. The Morgan fingerprint density at radius 3 is 2.89 bits per heavy atom. The first-order valence-corrected chi connectivity index (χ1v) is 6.57. The molecule has 0 radical (unpaired) electrons. The molecule has 2 rings (SSSR count). The smallest absolute Gasteiger partial charge is 0.410 e. The number of benzene rings is 1. The van der Waals surface area contributed by atoms with Crippen LogP contribution in [0.2, 0.25) is 0 Å². The highest BCUT2D eigenvalue weighted by molar-refractivity contribution is 9.10. The van der Waals surface area contributed by atoms with Gasteiger partial charge in [-0.3, -0.25) is 5.32 Å². The van der Waals surface area contributed by atoms with Gasteiger partial charge >= 0.3 is 6.09 Å². The largest absolute Gasteiger partial charge is 0.465 e. The molecule has 3 N–H and O–H groups in total. The Labute approximate surface area is 115 Å². The molecule has 1 aromatic carbocycles. The fourth-order valence-electron chi connectivity index (χ4n) is 1.47. The maximum atomic E-state index is 10.6. The van der Waals surface area contributed by atoms with E-state index in [-0.39, 0.29) is 11.7 Å². The number of aliphatic hydroxyl groups is 1. The topological polar surface area (TPSA) is 82.5 Å². The van der Waals surface area contributed by atoms with Crippen LogP contribution in [-0.4, -0.2) is 21.3 Å². The average Bonchev–Trinajstić information content (AvgIpc) is 2.71. The molecule has 18 heavy (non-hydrogen) atoms. The number of nitrogens with one attached hydrogen (secondary N) is 1. The molecule has 0 saturated carbocycles. The molecule has 0 atom stereocenters. The first-order chi connectivity index (χ1) is 8.60. The Kier molecular flexibility index (Phi) is 3.95. The Bertz CT molecular complexity index is 585. The van der Waals surface area contributed by atoms with E-state index in [1.807, 2.05) is 24.3 Å². The number of amides is 1. The minimum Gasteiger partial charge on any atom is -0.465 e. The van der Waals surface area contributed by atoms with Gasteiger partial charge in [-0.1, -0.05) is 39.4 Å². The molecule has 94 valence electrons. The lowest BCUT2D eigenvalue weighted by Gasteiger charge is -2.00. The van der Waals surface area contributed by atoms with E-state index in [9.17, 15) is 9.90 Å². The van der Waals surface area contributed by atoms with E-state index in [1.54, 1.807) is 0 Å². The SMILES string of the molecule is O=C(O)Nc1nc(-c2cccc(Br)c2)c(CO)s1. The summed E-state index contributed by atoms with van der Waals surface area (Å²) in [6, 6.07) is 7.44. The average molecular weight is 329 g/mol. The molecule has 1 amide bonds. The summed E-state index contributed by atoms with van der Waals surface area (Å²) in [6.07, 6.45) is -1.17. The van der Waals surface area contributed by atoms with Crippen molar-refractivity contribution >= 4 is 38.5 Å². The minimum absolute atomic E-state index is 0.180.